The molecule has 0 saturated heterocycles. The largest absolute Gasteiger partial charge is 0.497 e. The van der Waals surface area contributed by atoms with Gasteiger partial charge in [-0.1, -0.05) is 12.1 Å². The van der Waals surface area contributed by atoms with E-state index in [9.17, 15) is 4.39 Å². The van der Waals surface area contributed by atoms with Gasteiger partial charge >= 0.3 is 0 Å². The minimum Gasteiger partial charge on any atom is -0.497 e. The number of nitrogens with zero attached hydrogens (tertiary/aromatic N) is 2. The Bertz CT molecular complexity index is 664. The molecule has 0 amide bonds. The molecule has 0 saturated carbocycles. The summed E-state index contributed by atoms with van der Waals surface area (Å²) in [6.07, 6.45) is 0. The predicted octanol–water partition coefficient (Wildman–Crippen LogP) is 3.34. The van der Waals surface area contributed by atoms with Crippen LogP contribution in [0.1, 0.15) is 16.7 Å². The molecule has 0 unspecified atom stereocenters. The van der Waals surface area contributed by atoms with Crippen LogP contribution >= 0.6 is 0 Å². The summed E-state index contributed by atoms with van der Waals surface area (Å²) in [7, 11) is 3.57. The summed E-state index contributed by atoms with van der Waals surface area (Å²) in [6.45, 7) is 1.20. The summed E-state index contributed by atoms with van der Waals surface area (Å²) in [4.78, 5) is 2.03. The van der Waals surface area contributed by atoms with Crippen LogP contribution in [0.5, 0.6) is 5.75 Å². The second-order valence-electron chi connectivity index (χ2n) is 4.94. The van der Waals surface area contributed by atoms with E-state index in [2.05, 4.69) is 6.07 Å². The second-order valence-corrected chi connectivity index (χ2v) is 4.94. The average Bonchev–Trinajstić information content (AvgIpc) is 2.47. The molecule has 21 heavy (non-hydrogen) atoms. The van der Waals surface area contributed by atoms with Crippen molar-refractivity contribution in [3.63, 3.8) is 0 Å². The lowest BCUT2D eigenvalue weighted by Gasteiger charge is -2.18. The van der Waals surface area contributed by atoms with Crippen LogP contribution in [0.4, 0.5) is 4.39 Å². The molecule has 0 spiro atoms. The van der Waals surface area contributed by atoms with E-state index in [0.29, 0.717) is 24.2 Å². The Morgan fingerprint density at radius 3 is 2.71 bits per heavy atom. The molecule has 4 heteroatoms. The first-order valence-corrected chi connectivity index (χ1v) is 6.62. The zero-order valence-corrected chi connectivity index (χ0v) is 12.1. The van der Waals surface area contributed by atoms with Crippen molar-refractivity contribution in [2.45, 2.75) is 13.1 Å². The van der Waals surface area contributed by atoms with Gasteiger partial charge in [0, 0.05) is 13.1 Å². The zero-order valence-electron chi connectivity index (χ0n) is 12.1. The van der Waals surface area contributed by atoms with E-state index in [1.54, 1.807) is 7.11 Å². The molecule has 0 aromatic heterocycles. The Labute approximate surface area is 124 Å². The van der Waals surface area contributed by atoms with Crippen molar-refractivity contribution in [2.24, 2.45) is 0 Å². The summed E-state index contributed by atoms with van der Waals surface area (Å²) in [6, 6.07) is 14.1. The molecule has 0 aliphatic heterocycles. The summed E-state index contributed by atoms with van der Waals surface area (Å²) < 4.78 is 18.5. The highest BCUT2D eigenvalue weighted by atomic mass is 19.1. The zero-order chi connectivity index (χ0) is 15.2. The number of hydrogen-bond acceptors (Lipinski definition) is 3. The lowest BCUT2D eigenvalue weighted by molar-refractivity contribution is 0.317. The summed E-state index contributed by atoms with van der Waals surface area (Å²) in [5.41, 5.74) is 2.31. The van der Waals surface area contributed by atoms with Crippen LogP contribution in [0.3, 0.4) is 0 Å². The quantitative estimate of drug-likeness (QED) is 0.845. The average molecular weight is 284 g/mol. The van der Waals surface area contributed by atoms with Crippen molar-refractivity contribution in [2.75, 3.05) is 14.2 Å². The maximum Gasteiger partial charge on any atom is 0.123 e. The number of ether oxygens (including phenoxy) is 1. The maximum absolute atomic E-state index is 13.3. The van der Waals surface area contributed by atoms with E-state index < -0.39 is 0 Å². The SMILES string of the molecule is COc1cccc(CN(C)Cc2cc(F)ccc2C#N)c1. The summed E-state index contributed by atoms with van der Waals surface area (Å²) in [5.74, 6) is 0.489. The molecule has 0 aliphatic rings. The lowest BCUT2D eigenvalue weighted by Crippen LogP contribution is -2.18. The van der Waals surface area contributed by atoms with Gasteiger partial charge < -0.3 is 4.74 Å². The van der Waals surface area contributed by atoms with Crippen molar-refractivity contribution < 1.29 is 9.13 Å². The monoisotopic (exact) mass is 284 g/mol. The van der Waals surface area contributed by atoms with E-state index in [-0.39, 0.29) is 5.82 Å². The van der Waals surface area contributed by atoms with Gasteiger partial charge in [0.2, 0.25) is 0 Å². The minimum atomic E-state index is -0.321. The number of halogens is 1. The van der Waals surface area contributed by atoms with Crippen LogP contribution < -0.4 is 4.74 Å². The topological polar surface area (TPSA) is 36.3 Å². The number of methoxy groups -OCH3 is 1. The molecular formula is C17H17FN2O. The fourth-order valence-electron chi connectivity index (χ4n) is 2.23. The summed E-state index contributed by atoms with van der Waals surface area (Å²) >= 11 is 0. The molecule has 0 bridgehead atoms. The lowest BCUT2D eigenvalue weighted by atomic mass is 10.1. The molecule has 108 valence electrons. The van der Waals surface area contributed by atoms with Gasteiger partial charge in [0.25, 0.3) is 0 Å². The van der Waals surface area contributed by atoms with Gasteiger partial charge in [0.1, 0.15) is 11.6 Å². The molecule has 3 nitrogen and oxygen atoms in total. The molecule has 0 N–H and O–H groups in total. The van der Waals surface area contributed by atoms with Gasteiger partial charge in [-0.05, 0) is 48.5 Å². The number of rotatable bonds is 5. The Morgan fingerprint density at radius 1 is 1.19 bits per heavy atom. The molecular weight excluding hydrogens is 267 g/mol. The van der Waals surface area contributed by atoms with Crippen LogP contribution in [0.15, 0.2) is 42.5 Å². The van der Waals surface area contributed by atoms with Crippen molar-refractivity contribution in [3.05, 3.63) is 65.0 Å². The van der Waals surface area contributed by atoms with Crippen LogP contribution in [0.2, 0.25) is 0 Å². The van der Waals surface area contributed by atoms with E-state index >= 15 is 0 Å². The first kappa shape index (κ1) is 15.0. The van der Waals surface area contributed by atoms with Gasteiger partial charge in [0.15, 0.2) is 0 Å². The predicted molar refractivity (Wildman–Crippen MR) is 79.3 cm³/mol. The Morgan fingerprint density at radius 2 is 2.00 bits per heavy atom. The fourth-order valence-corrected chi connectivity index (χ4v) is 2.23. The van der Waals surface area contributed by atoms with Crippen LogP contribution in [0.25, 0.3) is 0 Å². The van der Waals surface area contributed by atoms with Gasteiger partial charge in [-0.15, -0.1) is 0 Å². The Hall–Kier alpha value is -2.38. The second kappa shape index (κ2) is 6.87. The van der Waals surface area contributed by atoms with E-state index in [1.807, 2.05) is 36.2 Å². The third-order valence-electron chi connectivity index (χ3n) is 3.21. The van der Waals surface area contributed by atoms with Crippen LogP contribution in [0, 0.1) is 17.1 Å². The van der Waals surface area contributed by atoms with Gasteiger partial charge in [-0.3, -0.25) is 4.90 Å². The van der Waals surface area contributed by atoms with Crippen LogP contribution in [-0.2, 0) is 13.1 Å². The highest BCUT2D eigenvalue weighted by molar-refractivity contribution is 5.38. The fraction of sp³-hybridized carbons (Fsp3) is 0.235. The maximum atomic E-state index is 13.3. The molecule has 0 aliphatic carbocycles. The van der Waals surface area contributed by atoms with Crippen molar-refractivity contribution in [1.29, 1.82) is 5.26 Å². The third-order valence-corrected chi connectivity index (χ3v) is 3.21. The first-order chi connectivity index (χ1) is 10.1. The van der Waals surface area contributed by atoms with Crippen LogP contribution in [-0.4, -0.2) is 19.1 Å². The molecule has 0 heterocycles. The first-order valence-electron chi connectivity index (χ1n) is 6.62. The highest BCUT2D eigenvalue weighted by Gasteiger charge is 2.08. The van der Waals surface area contributed by atoms with Crippen molar-refractivity contribution >= 4 is 0 Å². The molecule has 0 atom stereocenters. The Balaban J connectivity index is 2.09. The van der Waals surface area contributed by atoms with Gasteiger partial charge in [-0.2, -0.15) is 5.26 Å². The van der Waals surface area contributed by atoms with Gasteiger partial charge in [0.05, 0.1) is 18.7 Å². The highest BCUT2D eigenvalue weighted by Crippen LogP contribution is 2.17. The smallest absolute Gasteiger partial charge is 0.123 e. The molecule has 2 rings (SSSR count). The number of benzene rings is 2. The molecule has 0 radical (unpaired) electrons. The Kier molecular flexibility index (Phi) is 4.91. The summed E-state index contributed by atoms with van der Waals surface area (Å²) in [5, 5.41) is 9.07. The number of nitriles is 1. The molecule has 2 aromatic carbocycles. The van der Waals surface area contributed by atoms with Gasteiger partial charge in [-0.25, -0.2) is 4.39 Å². The van der Waals surface area contributed by atoms with E-state index in [0.717, 1.165) is 11.3 Å². The minimum absolute atomic E-state index is 0.321. The molecule has 0 fully saturated rings. The van der Waals surface area contributed by atoms with E-state index in [1.165, 1.54) is 18.2 Å². The standard InChI is InChI=1S/C17H17FN2O/c1-20(11-13-4-3-5-17(8-13)21-2)12-15-9-16(18)7-6-14(15)10-19/h3-9H,11-12H2,1-2H3. The van der Waals surface area contributed by atoms with E-state index in [4.69, 9.17) is 10.00 Å². The van der Waals surface area contributed by atoms with Crippen molar-refractivity contribution in [1.82, 2.24) is 4.90 Å². The van der Waals surface area contributed by atoms with Crippen molar-refractivity contribution in [3.8, 4) is 11.8 Å². The molecule has 2 aromatic rings. The normalized spacial score (nSPS) is 10.4. The number of hydrogen-bond donors (Lipinski definition) is 0. The third kappa shape index (κ3) is 4.04.